The second-order valence-corrected chi connectivity index (χ2v) is 9.38. The van der Waals surface area contributed by atoms with Gasteiger partial charge in [-0.05, 0) is 49.2 Å². The molecule has 1 aromatic heterocycles. The third kappa shape index (κ3) is 4.72. The first kappa shape index (κ1) is 18.2. The number of rotatable bonds is 6. The minimum Gasteiger partial charge on any atom is -0.372 e. The maximum absolute atomic E-state index is 12.0. The molecule has 3 rings (SSSR count). The molecule has 0 bridgehead atoms. The topological polar surface area (TPSA) is 78.5 Å². The highest BCUT2D eigenvalue weighted by molar-refractivity contribution is 7.91. The van der Waals surface area contributed by atoms with Crippen molar-refractivity contribution in [2.24, 2.45) is 0 Å². The van der Waals surface area contributed by atoms with E-state index in [4.69, 9.17) is 11.6 Å². The third-order valence-corrected chi connectivity index (χ3v) is 6.98. The SMILES string of the molecule is O=C(CNS(=O)(=O)c1ccc(Cl)s1)Nc1ccc(N2CCCC2)cc1. The fourth-order valence-corrected chi connectivity index (χ4v) is 5.12. The number of sulfonamides is 1. The number of amides is 1. The summed E-state index contributed by atoms with van der Waals surface area (Å²) in [4.78, 5) is 14.3. The summed E-state index contributed by atoms with van der Waals surface area (Å²) < 4.78 is 26.8. The molecule has 1 fully saturated rings. The van der Waals surface area contributed by atoms with Gasteiger partial charge in [-0.25, -0.2) is 13.1 Å². The molecular weight excluding hydrogens is 382 g/mol. The van der Waals surface area contributed by atoms with E-state index in [-0.39, 0.29) is 10.8 Å². The van der Waals surface area contributed by atoms with Gasteiger partial charge in [0.1, 0.15) is 4.21 Å². The van der Waals surface area contributed by atoms with Gasteiger partial charge in [0, 0.05) is 24.5 Å². The number of carbonyl (C=O) groups excluding carboxylic acids is 1. The van der Waals surface area contributed by atoms with Crippen molar-refractivity contribution in [1.29, 1.82) is 0 Å². The lowest BCUT2D eigenvalue weighted by molar-refractivity contribution is -0.115. The van der Waals surface area contributed by atoms with E-state index < -0.39 is 15.9 Å². The monoisotopic (exact) mass is 399 g/mol. The molecule has 2 aromatic rings. The van der Waals surface area contributed by atoms with E-state index in [9.17, 15) is 13.2 Å². The zero-order valence-corrected chi connectivity index (χ0v) is 15.8. The number of nitrogens with one attached hydrogen (secondary N) is 2. The van der Waals surface area contributed by atoms with Crippen molar-refractivity contribution in [3.63, 3.8) is 0 Å². The Morgan fingerprint density at radius 3 is 2.40 bits per heavy atom. The minimum atomic E-state index is -3.73. The van der Waals surface area contributed by atoms with E-state index in [1.165, 1.54) is 25.0 Å². The third-order valence-electron chi connectivity index (χ3n) is 3.86. The van der Waals surface area contributed by atoms with Crippen LogP contribution in [-0.4, -0.2) is 34.0 Å². The molecule has 1 saturated heterocycles. The number of halogens is 1. The molecule has 0 radical (unpaired) electrons. The lowest BCUT2D eigenvalue weighted by atomic mass is 10.2. The second kappa shape index (κ2) is 7.74. The molecule has 0 unspecified atom stereocenters. The molecule has 0 aliphatic carbocycles. The normalized spacial score (nSPS) is 14.7. The van der Waals surface area contributed by atoms with Crippen LogP contribution in [0.25, 0.3) is 0 Å². The van der Waals surface area contributed by atoms with Gasteiger partial charge in [-0.15, -0.1) is 11.3 Å². The molecule has 0 saturated carbocycles. The van der Waals surface area contributed by atoms with Crippen LogP contribution in [-0.2, 0) is 14.8 Å². The largest absolute Gasteiger partial charge is 0.372 e. The lowest BCUT2D eigenvalue weighted by Crippen LogP contribution is -2.32. The molecule has 1 amide bonds. The molecule has 0 spiro atoms. The summed E-state index contributed by atoms with van der Waals surface area (Å²) in [6, 6.07) is 10.5. The predicted molar refractivity (Wildman–Crippen MR) is 101 cm³/mol. The molecule has 6 nitrogen and oxygen atoms in total. The van der Waals surface area contributed by atoms with E-state index in [0.717, 1.165) is 30.1 Å². The Hall–Kier alpha value is -1.61. The van der Waals surface area contributed by atoms with Crippen molar-refractivity contribution in [2.45, 2.75) is 17.1 Å². The van der Waals surface area contributed by atoms with Crippen LogP contribution in [0.1, 0.15) is 12.8 Å². The van der Waals surface area contributed by atoms with E-state index in [1.807, 2.05) is 24.3 Å². The Kier molecular flexibility index (Phi) is 5.63. The molecule has 2 heterocycles. The van der Waals surface area contributed by atoms with Gasteiger partial charge in [-0.3, -0.25) is 4.79 Å². The fraction of sp³-hybridized carbons (Fsp3) is 0.312. The van der Waals surface area contributed by atoms with Gasteiger partial charge in [-0.2, -0.15) is 0 Å². The lowest BCUT2D eigenvalue weighted by Gasteiger charge is -2.17. The zero-order valence-electron chi connectivity index (χ0n) is 13.4. The average Bonchev–Trinajstić information content (AvgIpc) is 3.26. The summed E-state index contributed by atoms with van der Waals surface area (Å²) in [5.74, 6) is -0.430. The maximum atomic E-state index is 12.0. The second-order valence-electron chi connectivity index (χ2n) is 5.67. The Labute approximate surface area is 155 Å². The van der Waals surface area contributed by atoms with Crippen molar-refractivity contribution in [3.05, 3.63) is 40.7 Å². The van der Waals surface area contributed by atoms with Crippen LogP contribution in [0.5, 0.6) is 0 Å². The number of hydrogen-bond acceptors (Lipinski definition) is 5. The quantitative estimate of drug-likeness (QED) is 0.782. The zero-order chi connectivity index (χ0) is 17.9. The summed E-state index contributed by atoms with van der Waals surface area (Å²) in [6.07, 6.45) is 2.40. The summed E-state index contributed by atoms with van der Waals surface area (Å²) in [6.45, 7) is 1.77. The number of thiophene rings is 1. The molecule has 1 aliphatic rings. The summed E-state index contributed by atoms with van der Waals surface area (Å²) in [5.41, 5.74) is 1.76. The number of hydrogen-bond donors (Lipinski definition) is 2. The molecule has 1 aromatic carbocycles. The van der Waals surface area contributed by atoms with Crippen molar-refractivity contribution in [2.75, 3.05) is 29.9 Å². The first-order chi connectivity index (χ1) is 11.9. The van der Waals surface area contributed by atoms with Gasteiger partial charge in [0.15, 0.2) is 0 Å². The van der Waals surface area contributed by atoms with Crippen molar-refractivity contribution in [1.82, 2.24) is 4.72 Å². The van der Waals surface area contributed by atoms with Gasteiger partial charge in [0.05, 0.1) is 10.9 Å². The number of benzene rings is 1. The van der Waals surface area contributed by atoms with Crippen molar-refractivity contribution in [3.8, 4) is 0 Å². The maximum Gasteiger partial charge on any atom is 0.250 e. The minimum absolute atomic E-state index is 0.0836. The Balaban J connectivity index is 1.53. The van der Waals surface area contributed by atoms with Crippen LogP contribution in [0.3, 0.4) is 0 Å². The predicted octanol–water partition coefficient (Wildman–Crippen LogP) is 2.92. The van der Waals surface area contributed by atoms with Gasteiger partial charge in [0.2, 0.25) is 5.91 Å². The number of anilines is 2. The standard InChI is InChI=1S/C16H18ClN3O3S2/c17-14-7-8-16(24-14)25(22,23)18-11-15(21)19-12-3-5-13(6-4-12)20-9-1-2-10-20/h3-8,18H,1-2,9-11H2,(H,19,21). The van der Waals surface area contributed by atoms with E-state index in [2.05, 4.69) is 14.9 Å². The first-order valence-corrected chi connectivity index (χ1v) is 10.5. The van der Waals surface area contributed by atoms with Crippen molar-refractivity contribution >= 4 is 50.2 Å². The van der Waals surface area contributed by atoms with Crippen LogP contribution >= 0.6 is 22.9 Å². The molecule has 25 heavy (non-hydrogen) atoms. The smallest absolute Gasteiger partial charge is 0.250 e. The van der Waals surface area contributed by atoms with Crippen LogP contribution in [0.4, 0.5) is 11.4 Å². The Morgan fingerprint density at radius 2 is 1.80 bits per heavy atom. The highest BCUT2D eigenvalue weighted by atomic mass is 35.5. The van der Waals surface area contributed by atoms with Crippen LogP contribution < -0.4 is 14.9 Å². The summed E-state index contributed by atoms with van der Waals surface area (Å²) in [5, 5.41) is 2.68. The van der Waals surface area contributed by atoms with Crippen LogP contribution in [0.2, 0.25) is 4.34 Å². The Morgan fingerprint density at radius 1 is 1.12 bits per heavy atom. The number of nitrogens with zero attached hydrogens (tertiary/aromatic N) is 1. The van der Waals surface area contributed by atoms with Gasteiger partial charge in [0.25, 0.3) is 10.0 Å². The van der Waals surface area contributed by atoms with Crippen molar-refractivity contribution < 1.29 is 13.2 Å². The molecule has 0 atom stereocenters. The summed E-state index contributed by atoms with van der Waals surface area (Å²) >= 11 is 6.68. The van der Waals surface area contributed by atoms with E-state index in [1.54, 1.807) is 0 Å². The van der Waals surface area contributed by atoms with Gasteiger partial charge >= 0.3 is 0 Å². The fourth-order valence-electron chi connectivity index (χ4n) is 2.61. The molecule has 134 valence electrons. The number of carbonyl (C=O) groups is 1. The van der Waals surface area contributed by atoms with Gasteiger partial charge in [-0.1, -0.05) is 11.6 Å². The average molecular weight is 400 g/mol. The van der Waals surface area contributed by atoms with Gasteiger partial charge < -0.3 is 10.2 Å². The molecule has 1 aliphatic heterocycles. The highest BCUT2D eigenvalue weighted by Gasteiger charge is 2.18. The van der Waals surface area contributed by atoms with Crippen LogP contribution in [0, 0.1) is 0 Å². The molecule has 9 heteroatoms. The Bertz CT molecular complexity index is 844. The first-order valence-electron chi connectivity index (χ1n) is 7.84. The molecule has 2 N–H and O–H groups in total. The summed E-state index contributed by atoms with van der Waals surface area (Å²) in [7, 11) is -3.73. The van der Waals surface area contributed by atoms with E-state index in [0.29, 0.717) is 10.0 Å². The van der Waals surface area contributed by atoms with E-state index >= 15 is 0 Å². The van der Waals surface area contributed by atoms with Crippen LogP contribution in [0.15, 0.2) is 40.6 Å². The molecular formula is C16H18ClN3O3S2. The highest BCUT2D eigenvalue weighted by Crippen LogP contribution is 2.25.